The molecule has 0 radical (unpaired) electrons. The molecule has 0 aliphatic carbocycles. The zero-order valence-electron chi connectivity index (χ0n) is 40.5. The highest BCUT2D eigenvalue weighted by molar-refractivity contribution is 7.85. The lowest BCUT2D eigenvalue weighted by Crippen LogP contribution is -2.51. The largest absolute Gasteiger partial charge is 0.737 e. The van der Waals surface area contributed by atoms with Crippen LogP contribution in [0.25, 0.3) is 18.2 Å². The number of hydrogen-bond donors (Lipinski definition) is 2. The maximum Gasteiger partial charge on any atom is 0.737 e. The number of benzene rings is 1. The number of ether oxygens (including phenoxy) is 1. The van der Waals surface area contributed by atoms with Gasteiger partial charge in [-0.25, -0.2) is 4.79 Å². The van der Waals surface area contributed by atoms with E-state index in [1.807, 2.05) is 48.5 Å². The summed E-state index contributed by atoms with van der Waals surface area (Å²) < 4.78 is 76.0. The quantitative estimate of drug-likeness (QED) is 0.0279. The number of hydrogen-bond acceptors (Lipinski definition) is 11. The lowest BCUT2D eigenvalue weighted by molar-refractivity contribution is -0.870. The third-order valence-electron chi connectivity index (χ3n) is 12.2. The second-order valence-corrected chi connectivity index (χ2v) is 21.5. The van der Waals surface area contributed by atoms with E-state index in [0.29, 0.717) is 72.4 Å². The molecule has 0 bridgehead atoms. The first-order valence-corrected chi connectivity index (χ1v) is 26.2. The van der Waals surface area contributed by atoms with Crippen molar-refractivity contribution in [3.05, 3.63) is 92.6 Å². The van der Waals surface area contributed by atoms with Gasteiger partial charge in [-0.3, -0.25) is 23.7 Å². The number of amides is 3. The maximum absolute atomic E-state index is 17.0. The molecule has 2 aromatic heterocycles. The number of carbonyl (C=O) groups is 5. The van der Waals surface area contributed by atoms with E-state index in [1.165, 1.54) is 15.8 Å². The third kappa shape index (κ3) is 14.7. The fourth-order valence-corrected chi connectivity index (χ4v) is 10.1. The van der Waals surface area contributed by atoms with Gasteiger partial charge in [0.1, 0.15) is 17.5 Å². The molecule has 70 heavy (non-hydrogen) atoms. The molecule has 3 aliphatic rings. The second-order valence-electron chi connectivity index (χ2n) is 19.1. The van der Waals surface area contributed by atoms with Crippen molar-refractivity contribution < 1.29 is 64.1 Å². The molecule has 2 N–H and O–H groups in total. The highest BCUT2D eigenvalue weighted by Crippen LogP contribution is 2.40. The summed E-state index contributed by atoms with van der Waals surface area (Å²) >= 11 is 1.44. The Morgan fingerprint density at radius 1 is 0.957 bits per heavy atom. The third-order valence-corrected chi connectivity index (χ3v) is 13.9. The van der Waals surface area contributed by atoms with Crippen LogP contribution < -0.4 is 10.1 Å². The molecule has 3 aliphatic heterocycles. The van der Waals surface area contributed by atoms with Gasteiger partial charge in [0, 0.05) is 67.6 Å². The van der Waals surface area contributed by atoms with E-state index in [1.54, 1.807) is 42.5 Å². The van der Waals surface area contributed by atoms with Crippen molar-refractivity contribution in [1.82, 2.24) is 19.8 Å². The lowest BCUT2D eigenvalue weighted by atomic mass is 9.88. The molecular weight excluding hydrogens is 946 g/mol. The van der Waals surface area contributed by atoms with Crippen LogP contribution in [0.1, 0.15) is 104 Å². The van der Waals surface area contributed by atoms with Crippen molar-refractivity contribution in [2.24, 2.45) is 0 Å². The molecule has 3 amide bonds. The number of allylic oxidation sites excluding steroid dienone is 2. The number of fused-ring (bicyclic) bond motifs is 2. The first-order chi connectivity index (χ1) is 33.1. The van der Waals surface area contributed by atoms with E-state index in [4.69, 9.17) is 9.57 Å². The minimum absolute atomic E-state index is 0.0273. The van der Waals surface area contributed by atoms with Crippen LogP contribution in [0, 0.1) is 6.92 Å². The number of Topliss-reactive ketones (excluding diaryl/α,β-unsaturated/α-hetero) is 1. The van der Waals surface area contributed by atoms with Gasteiger partial charge >= 0.3 is 12.9 Å². The van der Waals surface area contributed by atoms with E-state index in [0.717, 1.165) is 49.9 Å². The summed E-state index contributed by atoms with van der Waals surface area (Å²) in [4.78, 5) is 68.6. The Balaban J connectivity index is 0.944. The Bertz CT molecular complexity index is 2640. The molecule has 1 saturated heterocycles. The minimum Gasteiger partial charge on any atom is -0.494 e. The average Bonchev–Trinajstić information content (AvgIpc) is 4.08. The molecule has 3 aromatic rings. The monoisotopic (exact) mass is 1010 g/mol. The van der Waals surface area contributed by atoms with E-state index in [9.17, 15) is 36.9 Å². The van der Waals surface area contributed by atoms with E-state index < -0.39 is 58.4 Å². The van der Waals surface area contributed by atoms with Gasteiger partial charge in [-0.1, -0.05) is 30.7 Å². The molecule has 0 saturated carbocycles. The van der Waals surface area contributed by atoms with Crippen molar-refractivity contribution in [3.63, 3.8) is 0 Å². The van der Waals surface area contributed by atoms with E-state index >= 15 is 8.63 Å². The van der Waals surface area contributed by atoms with Gasteiger partial charge in [0.15, 0.2) is 17.2 Å². The number of unbranched alkanes of at least 4 members (excludes halogenated alkanes) is 2. The molecule has 1 atom stereocenters. The van der Waals surface area contributed by atoms with Crippen molar-refractivity contribution in [2.75, 3.05) is 60.2 Å². The predicted molar refractivity (Wildman–Crippen MR) is 265 cm³/mol. The van der Waals surface area contributed by atoms with E-state index in [2.05, 4.69) is 26.5 Å². The van der Waals surface area contributed by atoms with Gasteiger partial charge in [-0.05, 0) is 106 Å². The van der Waals surface area contributed by atoms with E-state index in [-0.39, 0.29) is 45.1 Å². The molecule has 6 rings (SSSR count). The van der Waals surface area contributed by atoms with Crippen LogP contribution >= 0.6 is 11.3 Å². The fraction of sp³-hybridized carbons (Fsp3) is 0.469. The van der Waals surface area contributed by atoms with Crippen molar-refractivity contribution in [1.29, 1.82) is 0 Å². The summed E-state index contributed by atoms with van der Waals surface area (Å²) in [6.07, 6.45) is 11.3. The number of ketones is 1. The Morgan fingerprint density at radius 2 is 1.67 bits per heavy atom. The molecule has 378 valence electrons. The van der Waals surface area contributed by atoms with Gasteiger partial charge in [0.2, 0.25) is 5.91 Å². The van der Waals surface area contributed by atoms with Gasteiger partial charge in [-0.2, -0.15) is 8.42 Å². The SMILES string of the molecule is Cc1cc(/C=C/c2ccc(OCCCC(=O)N[C@@H](CS(=O)(=O)O)C(=O)CCCN(C)CCCCCC(=O)ON3C(=O)CCC3=O)cc2)n2c1C=C1C(CCC[N+](C)(C)C)=CC(c3cccs3)=[N+]1[B-]2(F)F. The highest BCUT2D eigenvalue weighted by atomic mass is 32.2. The summed E-state index contributed by atoms with van der Waals surface area (Å²) in [5.74, 6) is -3.27. The maximum atomic E-state index is 17.0. The Labute approximate surface area is 412 Å². The number of imide groups is 1. The fourth-order valence-electron chi connectivity index (χ4n) is 8.66. The van der Waals surface area contributed by atoms with Crippen molar-refractivity contribution >= 4 is 81.8 Å². The molecule has 0 spiro atoms. The molecule has 5 heterocycles. The zero-order chi connectivity index (χ0) is 50.8. The van der Waals surface area contributed by atoms with Gasteiger partial charge < -0.3 is 41.9 Å². The molecule has 16 nitrogen and oxygen atoms in total. The van der Waals surface area contributed by atoms with Gasteiger partial charge in [0.25, 0.3) is 21.9 Å². The number of thiophene rings is 1. The Hall–Kier alpha value is -5.61. The predicted octanol–water partition coefficient (Wildman–Crippen LogP) is 6.51. The number of nitrogens with zero attached hydrogens (tertiary/aromatic N) is 5. The first kappa shape index (κ1) is 53.7. The smallest absolute Gasteiger partial charge is 0.494 e. The Morgan fingerprint density at radius 3 is 2.34 bits per heavy atom. The molecule has 0 unspecified atom stereocenters. The molecule has 1 fully saturated rings. The number of aromatic nitrogens is 1. The average molecular weight is 1010 g/mol. The van der Waals surface area contributed by atoms with Crippen LogP contribution in [-0.4, -0.2) is 145 Å². The number of quaternary nitrogens is 1. The summed E-state index contributed by atoms with van der Waals surface area (Å²) in [6, 6.07) is 11.2. The zero-order valence-corrected chi connectivity index (χ0v) is 42.2. The molecular formula is C49H64BF2N6O10S2+. The summed E-state index contributed by atoms with van der Waals surface area (Å²) in [5, 5.41) is 4.87. The van der Waals surface area contributed by atoms with Crippen molar-refractivity contribution in [2.45, 2.75) is 90.0 Å². The molecule has 21 heteroatoms. The number of hydroxylamine groups is 2. The summed E-state index contributed by atoms with van der Waals surface area (Å²) in [5.41, 5.74) is 4.35. The number of rotatable bonds is 27. The van der Waals surface area contributed by atoms with Gasteiger partial charge in [-0.15, -0.1) is 16.4 Å². The number of halogens is 2. The Kier molecular flexibility index (Phi) is 18.1. The van der Waals surface area contributed by atoms with Crippen LogP contribution in [0.5, 0.6) is 5.75 Å². The summed E-state index contributed by atoms with van der Waals surface area (Å²) in [6.45, 7) is -0.212. The van der Waals surface area contributed by atoms with Crippen LogP contribution in [-0.2, 0) is 38.9 Å². The van der Waals surface area contributed by atoms with Crippen LogP contribution in [0.15, 0.2) is 65.2 Å². The van der Waals surface area contributed by atoms with Crippen LogP contribution in [0.3, 0.4) is 0 Å². The number of nitrogens with one attached hydrogen (secondary N) is 1. The van der Waals surface area contributed by atoms with Gasteiger partial charge in [0.05, 0.1) is 39.2 Å². The second kappa shape index (κ2) is 23.5. The van der Waals surface area contributed by atoms with Crippen LogP contribution in [0.2, 0.25) is 0 Å². The normalized spacial score (nSPS) is 16.2. The lowest BCUT2D eigenvalue weighted by Gasteiger charge is -2.31. The standard InChI is InChI=1S/C49H63BF2N6O10S2/c1-35-31-38(55-41(35)33-42-37(13-10-28-58(3,4)5)32-43(45-15-12-30-69-45)56(42)50(55,51)52)21-18-36-19-22-39(23-20-36)67-29-11-16-46(60)53-40(34-70(64,65)66)44(59)14-9-27-54(2)26-8-6-7-17-49(63)68-57-47(61)24-25-48(57)62/h12,15,18-23,30-33,40H,6-11,13-14,16-17,24-29,34H2,1-5H3,(H-,53,60,64,65,66)/p+1/b21-18+/t40-/m0/s1. The minimum atomic E-state index is -4.59. The molecule has 1 aromatic carbocycles. The highest BCUT2D eigenvalue weighted by Gasteiger charge is 2.54. The number of aryl methyl sites for hydroxylation is 1. The van der Waals surface area contributed by atoms with Crippen LogP contribution in [0.4, 0.5) is 8.63 Å². The first-order valence-electron chi connectivity index (χ1n) is 23.7. The summed E-state index contributed by atoms with van der Waals surface area (Å²) in [7, 11) is 3.63. The van der Waals surface area contributed by atoms with Crippen molar-refractivity contribution in [3.8, 4) is 5.75 Å². The number of carbonyl (C=O) groups excluding carboxylic acids is 5. The topological polar surface area (TPSA) is 185 Å².